The summed E-state index contributed by atoms with van der Waals surface area (Å²) in [5, 5.41) is 92.9. The molecule has 4 heterocycles. The quantitative estimate of drug-likeness (QED) is 0.0462. The molecule has 0 bridgehead atoms. The number of hydrogen-bond donors (Lipinski definition) is 14. The standard InChI is InChI=1S/C51H72N10O17/c1-26(63)42(46(72)55-36(18-28-9-13-30(65)14-10-28)49(75)61-24-33(68)21-41(61)51(77)78)57-45(71)39-19-31(66)22-59(39)50(76)40-20-32(67)23-60(40)48(74)35(17-27-7-11-29(64)12-8-27)54-43(69)37(25-62)56-44(70)38-6-4-16-58(38)47(73)34(53)5-2-3-15-52/h7-14,26,31-42,62-68H,2-6,15-25,52-53H2,1H3,(H,54,69)(H,55,72)(H,56,70)(H,57,71)(H,77,78)/t26-,31-,32-,33-,34+,35+,36+,37+,38+,39+,40+,41+,42+/m1/s1. The van der Waals surface area contributed by atoms with Crippen LogP contribution in [-0.4, -0.2) is 232 Å². The summed E-state index contributed by atoms with van der Waals surface area (Å²) in [6.07, 6.45) is -4.84. The molecule has 0 aromatic heterocycles. The lowest BCUT2D eigenvalue weighted by Crippen LogP contribution is -2.61. The van der Waals surface area contributed by atoms with Crippen molar-refractivity contribution in [1.82, 2.24) is 40.9 Å². The van der Waals surface area contributed by atoms with E-state index in [1.165, 1.54) is 53.4 Å². The van der Waals surface area contributed by atoms with Crippen molar-refractivity contribution in [3.05, 3.63) is 59.7 Å². The third kappa shape index (κ3) is 15.0. The number of carbonyl (C=O) groups excluding carboxylic acids is 8. The van der Waals surface area contributed by atoms with E-state index < -0.39 is 158 Å². The lowest BCUT2D eigenvalue weighted by atomic mass is 10.0. The summed E-state index contributed by atoms with van der Waals surface area (Å²) in [7, 11) is 0. The van der Waals surface area contributed by atoms with Crippen LogP contribution in [0.1, 0.15) is 69.4 Å². The Bertz CT molecular complexity index is 2490. The molecule has 16 N–H and O–H groups in total. The Balaban J connectivity index is 1.18. The van der Waals surface area contributed by atoms with E-state index in [9.17, 15) is 84.0 Å². The zero-order chi connectivity index (χ0) is 57.1. The summed E-state index contributed by atoms with van der Waals surface area (Å²) in [6, 6.07) is -1.94. The minimum Gasteiger partial charge on any atom is -0.508 e. The number of benzene rings is 2. The van der Waals surface area contributed by atoms with Crippen LogP contribution in [0.4, 0.5) is 0 Å². The number of carboxylic acids is 1. The monoisotopic (exact) mass is 1100 g/mol. The molecule has 13 atom stereocenters. The van der Waals surface area contributed by atoms with E-state index in [0.29, 0.717) is 43.4 Å². The summed E-state index contributed by atoms with van der Waals surface area (Å²) >= 11 is 0. The van der Waals surface area contributed by atoms with Crippen LogP contribution in [0.5, 0.6) is 11.5 Å². The number of phenolic OH excluding ortho intramolecular Hbond substituents is 2. The maximum absolute atomic E-state index is 14.7. The van der Waals surface area contributed by atoms with Crippen molar-refractivity contribution < 1.29 is 84.0 Å². The molecule has 0 saturated carbocycles. The van der Waals surface area contributed by atoms with Crippen molar-refractivity contribution in [3.63, 3.8) is 0 Å². The lowest BCUT2D eigenvalue weighted by Gasteiger charge is -2.34. The minimum absolute atomic E-state index is 0.112. The minimum atomic E-state index is -1.83. The Kier molecular flexibility index (Phi) is 20.9. The summed E-state index contributed by atoms with van der Waals surface area (Å²) < 4.78 is 0. The highest BCUT2D eigenvalue weighted by atomic mass is 16.4. The number of nitrogens with two attached hydrogens (primary N) is 2. The number of nitrogens with zero attached hydrogens (tertiary/aromatic N) is 4. The van der Waals surface area contributed by atoms with Crippen molar-refractivity contribution in [3.8, 4) is 11.5 Å². The van der Waals surface area contributed by atoms with E-state index in [-0.39, 0.29) is 56.7 Å². The summed E-state index contributed by atoms with van der Waals surface area (Å²) in [6.45, 7) is -0.465. The van der Waals surface area contributed by atoms with Gasteiger partial charge in [0.15, 0.2) is 0 Å². The van der Waals surface area contributed by atoms with E-state index in [2.05, 4.69) is 21.3 Å². The number of β-amino-alcohol motifs (C(OH)–C–C–N with tert-alkyl or cyclic N) is 3. The maximum Gasteiger partial charge on any atom is 0.326 e. The molecule has 0 aliphatic carbocycles. The summed E-state index contributed by atoms with van der Waals surface area (Å²) in [5.74, 6) is -8.84. The number of nitrogens with one attached hydrogen (secondary N) is 4. The van der Waals surface area contributed by atoms with E-state index in [1.54, 1.807) is 0 Å². The number of amides is 8. The molecule has 0 spiro atoms. The zero-order valence-electron chi connectivity index (χ0n) is 43.1. The number of aliphatic carboxylic acids is 1. The van der Waals surface area contributed by atoms with Crippen LogP contribution in [0.25, 0.3) is 0 Å². The first-order valence-electron chi connectivity index (χ1n) is 26.0. The second-order valence-corrected chi connectivity index (χ2v) is 20.4. The number of aliphatic hydroxyl groups excluding tert-OH is 5. The molecule has 0 radical (unpaired) electrons. The molecule has 78 heavy (non-hydrogen) atoms. The van der Waals surface area contributed by atoms with Crippen molar-refractivity contribution in [1.29, 1.82) is 0 Å². The topological polar surface area (TPSA) is 429 Å². The van der Waals surface area contributed by atoms with Gasteiger partial charge in [-0.15, -0.1) is 0 Å². The van der Waals surface area contributed by atoms with Gasteiger partial charge in [-0.25, -0.2) is 4.79 Å². The molecule has 6 rings (SSSR count). The number of aliphatic hydroxyl groups is 5. The number of rotatable bonds is 23. The predicted octanol–water partition coefficient (Wildman–Crippen LogP) is -5.39. The molecule has 4 aliphatic rings. The number of phenols is 2. The third-order valence-electron chi connectivity index (χ3n) is 14.5. The molecule has 4 fully saturated rings. The lowest BCUT2D eigenvalue weighted by molar-refractivity contribution is -0.149. The van der Waals surface area contributed by atoms with Gasteiger partial charge >= 0.3 is 5.97 Å². The van der Waals surface area contributed by atoms with Gasteiger partial charge in [-0.3, -0.25) is 38.4 Å². The third-order valence-corrected chi connectivity index (χ3v) is 14.5. The summed E-state index contributed by atoms with van der Waals surface area (Å²) in [5.41, 5.74) is 12.5. The molecule has 4 saturated heterocycles. The molecule has 2 aromatic rings. The van der Waals surface area contributed by atoms with Gasteiger partial charge in [-0.2, -0.15) is 0 Å². The molecule has 2 aromatic carbocycles. The first kappa shape index (κ1) is 60.2. The maximum atomic E-state index is 14.7. The average molecular weight is 1100 g/mol. The molecule has 27 nitrogen and oxygen atoms in total. The van der Waals surface area contributed by atoms with Gasteiger partial charge in [0.1, 0.15) is 59.8 Å². The van der Waals surface area contributed by atoms with Gasteiger partial charge in [0.05, 0.1) is 37.1 Å². The van der Waals surface area contributed by atoms with E-state index >= 15 is 0 Å². The van der Waals surface area contributed by atoms with E-state index in [1.807, 2.05) is 0 Å². The number of hydrogen-bond acceptors (Lipinski definition) is 18. The normalized spacial score (nSPS) is 24.4. The van der Waals surface area contributed by atoms with Gasteiger partial charge < -0.3 is 93.2 Å². The van der Waals surface area contributed by atoms with Crippen molar-refractivity contribution >= 4 is 53.2 Å². The largest absolute Gasteiger partial charge is 0.508 e. The Hall–Kier alpha value is -7.01. The average Bonchev–Trinajstić information content (AvgIpc) is 4.24. The molecular weight excluding hydrogens is 1020 g/mol. The van der Waals surface area contributed by atoms with Gasteiger partial charge in [-0.05, 0) is 74.5 Å². The van der Waals surface area contributed by atoms with Gasteiger partial charge in [-0.1, -0.05) is 30.7 Å². The van der Waals surface area contributed by atoms with Crippen LogP contribution in [0.15, 0.2) is 48.5 Å². The predicted molar refractivity (Wildman–Crippen MR) is 272 cm³/mol. The smallest absolute Gasteiger partial charge is 0.326 e. The van der Waals surface area contributed by atoms with Crippen molar-refractivity contribution in [2.24, 2.45) is 11.5 Å². The first-order valence-corrected chi connectivity index (χ1v) is 26.0. The van der Waals surface area contributed by atoms with E-state index in [0.717, 1.165) is 21.6 Å². The highest BCUT2D eigenvalue weighted by molar-refractivity contribution is 5.99. The van der Waals surface area contributed by atoms with Crippen LogP contribution in [0, 0.1) is 0 Å². The Morgan fingerprint density at radius 2 is 1.10 bits per heavy atom. The first-order chi connectivity index (χ1) is 37.0. The number of aromatic hydroxyl groups is 2. The number of carbonyl (C=O) groups is 9. The van der Waals surface area contributed by atoms with Gasteiger partial charge in [0.25, 0.3) is 0 Å². The SMILES string of the molecule is C[C@@H](O)[C@H](NC(=O)[C@@H]1C[C@@H](O)CN1C(=O)[C@@H]1C[C@@H](O)CN1C(=O)[C@H](Cc1ccc(O)cc1)NC(=O)[C@H](CO)NC(=O)[C@@H]1CCCN1C(=O)[C@@H](N)CCCCN)C(=O)N[C@@H](Cc1ccc(O)cc1)C(=O)N1C[C@H](O)C[C@H]1C(=O)O. The van der Waals surface area contributed by atoms with Crippen molar-refractivity contribution in [2.45, 2.75) is 150 Å². The van der Waals surface area contributed by atoms with Crippen LogP contribution in [0.3, 0.4) is 0 Å². The second-order valence-electron chi connectivity index (χ2n) is 20.4. The highest BCUT2D eigenvalue weighted by Crippen LogP contribution is 2.28. The molecule has 4 aliphatic heterocycles. The van der Waals surface area contributed by atoms with Crippen LogP contribution in [-0.2, 0) is 56.0 Å². The summed E-state index contributed by atoms with van der Waals surface area (Å²) in [4.78, 5) is 129. The highest BCUT2D eigenvalue weighted by Gasteiger charge is 2.49. The number of unbranched alkanes of at least 4 members (excludes halogenated alkanes) is 1. The molecule has 27 heteroatoms. The number of carboxylic acid groups (broad SMARTS) is 1. The fourth-order valence-electron chi connectivity index (χ4n) is 10.4. The molecule has 428 valence electrons. The molecule has 8 amide bonds. The number of likely N-dealkylation sites (tertiary alicyclic amines) is 4. The van der Waals surface area contributed by atoms with E-state index in [4.69, 9.17) is 11.5 Å². The molecule has 0 unspecified atom stereocenters. The van der Waals surface area contributed by atoms with Gasteiger partial charge in [0.2, 0.25) is 47.3 Å². The van der Waals surface area contributed by atoms with Crippen LogP contribution in [0.2, 0.25) is 0 Å². The fraction of sp³-hybridized carbons (Fsp3) is 0.588. The second kappa shape index (κ2) is 27.0. The fourth-order valence-corrected chi connectivity index (χ4v) is 10.4. The van der Waals surface area contributed by atoms with Crippen LogP contribution >= 0.6 is 0 Å². The Labute approximate surface area is 448 Å². The molecular formula is C51H72N10O17. The van der Waals surface area contributed by atoms with Gasteiger partial charge in [0, 0.05) is 58.3 Å². The zero-order valence-corrected chi connectivity index (χ0v) is 43.1. The Morgan fingerprint density at radius 1 is 0.615 bits per heavy atom. The Morgan fingerprint density at radius 3 is 1.62 bits per heavy atom. The van der Waals surface area contributed by atoms with Crippen molar-refractivity contribution in [2.75, 3.05) is 39.3 Å². The van der Waals surface area contributed by atoms with Crippen LogP contribution < -0.4 is 32.7 Å².